The molecule has 9 nitrogen and oxygen atoms in total. The number of anilines is 4. The molecule has 0 unspecified atom stereocenters. The molecule has 37 heavy (non-hydrogen) atoms. The van der Waals surface area contributed by atoms with Gasteiger partial charge in [-0.3, -0.25) is 20.8 Å². The van der Waals surface area contributed by atoms with Crippen LogP contribution in [-0.4, -0.2) is 31.4 Å². The molecule has 0 aliphatic rings. The number of hydrogen-bond donors (Lipinski definition) is 3. The van der Waals surface area contributed by atoms with Crippen LogP contribution in [0, 0.1) is 0 Å². The van der Waals surface area contributed by atoms with Crippen LogP contribution < -0.4 is 16.2 Å². The lowest BCUT2D eigenvalue weighted by Gasteiger charge is -2.12. The van der Waals surface area contributed by atoms with E-state index in [4.69, 9.17) is 0 Å². The van der Waals surface area contributed by atoms with Crippen LogP contribution in [0.4, 0.5) is 36.4 Å². The van der Waals surface area contributed by atoms with Crippen LogP contribution >= 0.6 is 0 Å². The van der Waals surface area contributed by atoms with E-state index in [1.54, 1.807) is 30.9 Å². The van der Waals surface area contributed by atoms with Gasteiger partial charge in [0.15, 0.2) is 11.6 Å². The molecule has 0 saturated heterocycles. The third-order valence-electron chi connectivity index (χ3n) is 5.04. The summed E-state index contributed by atoms with van der Waals surface area (Å²) in [4.78, 5) is 16.7. The van der Waals surface area contributed by atoms with Crippen LogP contribution in [0.5, 0.6) is 0 Å². The summed E-state index contributed by atoms with van der Waals surface area (Å²) in [6.45, 7) is 3.62. The van der Waals surface area contributed by atoms with Gasteiger partial charge in [-0.2, -0.15) is 33.3 Å². The van der Waals surface area contributed by atoms with Crippen molar-refractivity contribution in [2.75, 3.05) is 16.2 Å². The Morgan fingerprint density at radius 1 is 0.730 bits per heavy atom. The highest BCUT2D eigenvalue weighted by Gasteiger charge is 2.30. The number of nitrogens with one attached hydrogen (secondary N) is 3. The molecule has 0 spiro atoms. The molecule has 0 aliphatic heterocycles. The summed E-state index contributed by atoms with van der Waals surface area (Å²) in [7, 11) is 0. The van der Waals surface area contributed by atoms with Crippen molar-refractivity contribution in [3.05, 3.63) is 96.1 Å². The Balaban J connectivity index is 1.62. The molecule has 4 aromatic rings. The van der Waals surface area contributed by atoms with Crippen molar-refractivity contribution < 1.29 is 13.2 Å². The fourth-order valence-corrected chi connectivity index (χ4v) is 3.12. The van der Waals surface area contributed by atoms with Crippen molar-refractivity contribution in [3.63, 3.8) is 0 Å². The molecule has 0 fully saturated rings. The molecule has 0 amide bonds. The average molecular weight is 506 g/mol. The lowest BCUT2D eigenvalue weighted by atomic mass is 10.2. The van der Waals surface area contributed by atoms with Gasteiger partial charge < -0.3 is 5.32 Å². The minimum Gasteiger partial charge on any atom is -0.324 e. The molecule has 4 rings (SSSR count). The summed E-state index contributed by atoms with van der Waals surface area (Å²) in [6.07, 6.45) is 2.14. The van der Waals surface area contributed by atoms with Gasteiger partial charge >= 0.3 is 6.18 Å². The first-order valence-corrected chi connectivity index (χ1v) is 11.0. The summed E-state index contributed by atoms with van der Waals surface area (Å²) in [6, 6.07) is 13.6. The van der Waals surface area contributed by atoms with Crippen LogP contribution in [0.1, 0.15) is 30.5 Å². The van der Waals surface area contributed by atoms with Gasteiger partial charge in [-0.25, -0.2) is 0 Å². The highest BCUT2D eigenvalue weighted by Crippen LogP contribution is 2.31. The fourth-order valence-electron chi connectivity index (χ4n) is 3.12. The molecule has 188 valence electrons. The Morgan fingerprint density at radius 3 is 1.73 bits per heavy atom. The van der Waals surface area contributed by atoms with Gasteiger partial charge in [-0.05, 0) is 56.3 Å². The standard InChI is InChI=1S/C25H22F3N9/c1-16(18-6-10-29-11-7-18)34-36-22-15-23(37-35-17(2)19-8-12-30-13-9-19)33-24(32-22)31-21-5-3-4-20(14-21)25(26,27)28/h3-15H,1-2H3,(H3,31,32,33,36,37). The molecule has 0 atom stereocenters. The number of hydrazone groups is 2. The number of pyridine rings is 2. The van der Waals surface area contributed by atoms with E-state index in [9.17, 15) is 13.2 Å². The molecule has 3 heterocycles. The third kappa shape index (κ3) is 7.07. The molecule has 12 heteroatoms. The molecule has 0 radical (unpaired) electrons. The van der Waals surface area contributed by atoms with Crippen molar-refractivity contribution in [1.29, 1.82) is 0 Å². The van der Waals surface area contributed by atoms with E-state index in [2.05, 4.69) is 46.3 Å². The molecule has 3 aromatic heterocycles. The first-order chi connectivity index (χ1) is 17.8. The highest BCUT2D eigenvalue weighted by atomic mass is 19.4. The van der Waals surface area contributed by atoms with E-state index in [-0.39, 0.29) is 23.3 Å². The zero-order valence-corrected chi connectivity index (χ0v) is 19.8. The maximum absolute atomic E-state index is 13.2. The van der Waals surface area contributed by atoms with E-state index in [0.717, 1.165) is 23.3 Å². The predicted octanol–water partition coefficient (Wildman–Crippen LogP) is 5.70. The number of nitrogens with zero attached hydrogens (tertiary/aromatic N) is 6. The second-order valence-electron chi connectivity index (χ2n) is 7.76. The van der Waals surface area contributed by atoms with Gasteiger partial charge in [0, 0.05) is 47.7 Å². The fraction of sp³-hybridized carbons (Fsp3) is 0.120. The number of benzene rings is 1. The SMILES string of the molecule is CC(=NNc1cc(NN=C(C)c2ccncc2)nc(Nc2cccc(C(F)(F)F)c2)n1)c1ccncc1. The molecular weight excluding hydrogens is 483 g/mol. The Bertz CT molecular complexity index is 1330. The number of alkyl halides is 3. The summed E-state index contributed by atoms with van der Waals surface area (Å²) < 4.78 is 39.5. The summed E-state index contributed by atoms with van der Waals surface area (Å²) >= 11 is 0. The highest BCUT2D eigenvalue weighted by molar-refractivity contribution is 5.99. The lowest BCUT2D eigenvalue weighted by Crippen LogP contribution is -2.08. The third-order valence-corrected chi connectivity index (χ3v) is 5.04. The predicted molar refractivity (Wildman–Crippen MR) is 137 cm³/mol. The smallest absolute Gasteiger partial charge is 0.324 e. The Hall–Kier alpha value is -4.87. The second-order valence-corrected chi connectivity index (χ2v) is 7.76. The maximum Gasteiger partial charge on any atom is 0.416 e. The van der Waals surface area contributed by atoms with E-state index < -0.39 is 11.7 Å². The van der Waals surface area contributed by atoms with E-state index in [0.29, 0.717) is 11.4 Å². The van der Waals surface area contributed by atoms with Gasteiger partial charge in [-0.1, -0.05) is 6.07 Å². The van der Waals surface area contributed by atoms with Crippen LogP contribution in [0.2, 0.25) is 0 Å². The molecule has 0 saturated carbocycles. The number of hydrogen-bond acceptors (Lipinski definition) is 9. The molecule has 0 aliphatic carbocycles. The Kier molecular flexibility index (Phi) is 7.67. The number of rotatable bonds is 8. The van der Waals surface area contributed by atoms with E-state index >= 15 is 0 Å². The normalized spacial score (nSPS) is 12.2. The van der Waals surface area contributed by atoms with Gasteiger partial charge in [0.25, 0.3) is 0 Å². The largest absolute Gasteiger partial charge is 0.416 e. The topological polar surface area (TPSA) is 112 Å². The van der Waals surface area contributed by atoms with Gasteiger partial charge in [-0.15, -0.1) is 0 Å². The van der Waals surface area contributed by atoms with Crippen LogP contribution in [0.3, 0.4) is 0 Å². The summed E-state index contributed by atoms with van der Waals surface area (Å²) in [5.41, 5.74) is 8.17. The minimum atomic E-state index is -4.48. The monoisotopic (exact) mass is 505 g/mol. The van der Waals surface area contributed by atoms with Crippen molar-refractivity contribution in [1.82, 2.24) is 19.9 Å². The molecule has 1 aromatic carbocycles. The summed E-state index contributed by atoms with van der Waals surface area (Å²) in [5, 5.41) is 11.5. The quantitative estimate of drug-likeness (QED) is 0.208. The first kappa shape index (κ1) is 25.2. The van der Waals surface area contributed by atoms with Crippen LogP contribution in [-0.2, 0) is 6.18 Å². The molecular formula is C25H22F3N9. The first-order valence-electron chi connectivity index (χ1n) is 11.0. The van der Waals surface area contributed by atoms with E-state index in [1.807, 2.05) is 38.1 Å². The zero-order valence-electron chi connectivity index (χ0n) is 19.8. The van der Waals surface area contributed by atoms with Crippen molar-refractivity contribution in [3.8, 4) is 0 Å². The average Bonchev–Trinajstić information content (AvgIpc) is 2.91. The van der Waals surface area contributed by atoms with Crippen LogP contribution in [0.15, 0.2) is 89.6 Å². The van der Waals surface area contributed by atoms with Crippen molar-refractivity contribution in [2.24, 2.45) is 10.2 Å². The van der Waals surface area contributed by atoms with E-state index in [1.165, 1.54) is 12.1 Å². The summed E-state index contributed by atoms with van der Waals surface area (Å²) in [5.74, 6) is 0.620. The number of aromatic nitrogens is 4. The van der Waals surface area contributed by atoms with Gasteiger partial charge in [0.05, 0.1) is 17.0 Å². The van der Waals surface area contributed by atoms with Gasteiger partial charge in [0.2, 0.25) is 5.95 Å². The second kappa shape index (κ2) is 11.2. The lowest BCUT2D eigenvalue weighted by molar-refractivity contribution is -0.137. The van der Waals surface area contributed by atoms with Crippen molar-refractivity contribution >= 4 is 34.7 Å². The Labute approximate surface area is 210 Å². The maximum atomic E-state index is 13.2. The number of halogens is 3. The molecule has 0 bridgehead atoms. The van der Waals surface area contributed by atoms with Crippen LogP contribution in [0.25, 0.3) is 0 Å². The molecule has 3 N–H and O–H groups in total. The Morgan fingerprint density at radius 2 is 1.24 bits per heavy atom. The minimum absolute atomic E-state index is 0.0420. The van der Waals surface area contributed by atoms with Crippen molar-refractivity contribution in [2.45, 2.75) is 20.0 Å². The van der Waals surface area contributed by atoms with Gasteiger partial charge in [0.1, 0.15) is 0 Å². The zero-order chi connectivity index (χ0) is 26.3.